The quantitative estimate of drug-likeness (QED) is 0.271. The van der Waals surface area contributed by atoms with Crippen molar-refractivity contribution < 1.29 is 34.2 Å². The second kappa shape index (κ2) is 13.1. The SMILES string of the molecule is O=C(O)CCN(CCC(=O)O)C(=O)[C@@H]1CCCN1C(=O)[C@H]1Cc2c([nH]c3ccccc23)CN1C(=O)Nc1ccc(Cl)c(Cl)c1. The van der Waals surface area contributed by atoms with Crippen molar-refractivity contribution in [2.24, 2.45) is 0 Å². The average molecular weight is 645 g/mol. The van der Waals surface area contributed by atoms with Crippen molar-refractivity contribution in [2.45, 2.75) is 50.7 Å². The van der Waals surface area contributed by atoms with Crippen molar-refractivity contribution >= 4 is 69.6 Å². The molecule has 3 heterocycles. The lowest BCUT2D eigenvalue weighted by Gasteiger charge is -2.38. The predicted molar refractivity (Wildman–Crippen MR) is 163 cm³/mol. The van der Waals surface area contributed by atoms with Gasteiger partial charge < -0.3 is 35.2 Å². The molecule has 4 amide bonds. The van der Waals surface area contributed by atoms with Gasteiger partial charge in [-0.2, -0.15) is 0 Å². The number of aromatic nitrogens is 1. The number of carbonyl (C=O) groups is 5. The van der Waals surface area contributed by atoms with E-state index in [1.807, 2.05) is 24.3 Å². The number of carbonyl (C=O) groups excluding carboxylic acids is 3. The lowest BCUT2D eigenvalue weighted by Crippen LogP contribution is -2.57. The van der Waals surface area contributed by atoms with Gasteiger partial charge >= 0.3 is 18.0 Å². The summed E-state index contributed by atoms with van der Waals surface area (Å²) in [6.45, 7) is 0.00435. The van der Waals surface area contributed by atoms with Crippen LogP contribution >= 0.6 is 23.2 Å². The fraction of sp³-hybridized carbons (Fsp3) is 0.367. The van der Waals surface area contributed by atoms with Crippen LogP contribution in [0.3, 0.4) is 0 Å². The number of rotatable bonds is 9. The Kier molecular flexibility index (Phi) is 9.31. The minimum atomic E-state index is -1.13. The molecule has 0 unspecified atom stereocenters. The first-order valence-electron chi connectivity index (χ1n) is 14.2. The summed E-state index contributed by atoms with van der Waals surface area (Å²) in [5.41, 5.74) is 2.96. The molecule has 1 fully saturated rings. The van der Waals surface area contributed by atoms with Crippen LogP contribution in [0.15, 0.2) is 42.5 Å². The third kappa shape index (κ3) is 6.61. The molecule has 0 aliphatic carbocycles. The third-order valence-electron chi connectivity index (χ3n) is 8.04. The third-order valence-corrected chi connectivity index (χ3v) is 8.78. The molecular formula is C30H31Cl2N5O7. The summed E-state index contributed by atoms with van der Waals surface area (Å²) in [5.74, 6) is -3.18. The number of anilines is 1. The van der Waals surface area contributed by atoms with Gasteiger partial charge in [-0.3, -0.25) is 19.2 Å². The molecule has 232 valence electrons. The van der Waals surface area contributed by atoms with Crippen molar-refractivity contribution in [3.8, 4) is 0 Å². The molecule has 44 heavy (non-hydrogen) atoms. The predicted octanol–water partition coefficient (Wildman–Crippen LogP) is 4.20. The smallest absolute Gasteiger partial charge is 0.322 e. The van der Waals surface area contributed by atoms with E-state index in [4.69, 9.17) is 23.2 Å². The number of para-hydroxylation sites is 1. The van der Waals surface area contributed by atoms with Crippen molar-refractivity contribution in [1.82, 2.24) is 19.7 Å². The molecule has 0 radical (unpaired) electrons. The number of aliphatic carboxylic acids is 2. The van der Waals surface area contributed by atoms with Crippen LogP contribution in [0.2, 0.25) is 10.0 Å². The molecule has 2 aliphatic rings. The summed E-state index contributed by atoms with van der Waals surface area (Å²) in [7, 11) is 0. The molecule has 1 saturated heterocycles. The van der Waals surface area contributed by atoms with E-state index in [0.717, 1.165) is 22.2 Å². The summed E-state index contributed by atoms with van der Waals surface area (Å²) in [4.78, 5) is 71.5. The molecule has 12 nitrogen and oxygen atoms in total. The van der Waals surface area contributed by atoms with Gasteiger partial charge in [0.15, 0.2) is 0 Å². The molecule has 0 bridgehead atoms. The molecule has 2 aromatic carbocycles. The first-order valence-corrected chi connectivity index (χ1v) is 14.9. The first-order chi connectivity index (χ1) is 21.0. The Morgan fingerprint density at radius 3 is 2.32 bits per heavy atom. The first kappa shape index (κ1) is 31.1. The highest BCUT2D eigenvalue weighted by Gasteiger charge is 2.44. The maximum absolute atomic E-state index is 14.3. The van der Waals surface area contributed by atoms with Crippen molar-refractivity contribution in [1.29, 1.82) is 0 Å². The number of hydrogen-bond acceptors (Lipinski definition) is 5. The Hall–Kier alpha value is -4.29. The molecule has 1 aromatic heterocycles. The zero-order chi connectivity index (χ0) is 31.5. The van der Waals surface area contributed by atoms with Gasteiger partial charge in [0.05, 0.1) is 29.4 Å². The standard InChI is InChI=1S/C30H31Cl2N5O7/c31-20-8-7-17(14-21(20)32)33-30(44)37-16-23-19(18-4-1-2-5-22(18)34-23)15-25(37)29(43)36-11-3-6-24(36)28(42)35(12-9-26(38)39)13-10-27(40)41/h1-2,4-5,7-8,14,24-25,34H,3,6,9-13,15-16H2,(H,33,44)(H,38,39)(H,40,41)/t24-,25+/m0/s1. The number of likely N-dealkylation sites (tertiary alicyclic amines) is 1. The highest BCUT2D eigenvalue weighted by atomic mass is 35.5. The second-order valence-electron chi connectivity index (χ2n) is 10.8. The largest absolute Gasteiger partial charge is 0.481 e. The summed E-state index contributed by atoms with van der Waals surface area (Å²) in [5, 5.41) is 22.7. The van der Waals surface area contributed by atoms with Crippen LogP contribution < -0.4 is 5.32 Å². The molecule has 14 heteroatoms. The van der Waals surface area contributed by atoms with E-state index in [2.05, 4.69) is 10.3 Å². The summed E-state index contributed by atoms with van der Waals surface area (Å²) in [6, 6.07) is 9.91. The Balaban J connectivity index is 1.44. The number of fused-ring (bicyclic) bond motifs is 3. The zero-order valence-electron chi connectivity index (χ0n) is 23.6. The zero-order valence-corrected chi connectivity index (χ0v) is 25.1. The van der Waals surface area contributed by atoms with Gasteiger partial charge in [-0.25, -0.2) is 4.79 Å². The van der Waals surface area contributed by atoms with Crippen LogP contribution in [-0.4, -0.2) is 91.4 Å². The highest BCUT2D eigenvalue weighted by Crippen LogP contribution is 2.33. The number of aromatic amines is 1. The van der Waals surface area contributed by atoms with E-state index in [-0.39, 0.29) is 50.5 Å². The van der Waals surface area contributed by atoms with Crippen LogP contribution in [0.1, 0.15) is 36.9 Å². The number of nitrogens with one attached hydrogen (secondary N) is 2. The summed E-state index contributed by atoms with van der Waals surface area (Å²) >= 11 is 12.2. The minimum absolute atomic E-state index is 0.101. The van der Waals surface area contributed by atoms with E-state index in [1.165, 1.54) is 20.8 Å². The lowest BCUT2D eigenvalue weighted by atomic mass is 9.95. The number of carboxylic acids is 2. The van der Waals surface area contributed by atoms with Crippen LogP contribution in [0.4, 0.5) is 10.5 Å². The van der Waals surface area contributed by atoms with Gasteiger partial charge in [-0.15, -0.1) is 0 Å². The number of H-pyrrole nitrogens is 1. The Labute approximate surface area is 262 Å². The molecule has 5 rings (SSSR count). The average Bonchev–Trinajstić information content (AvgIpc) is 3.62. The van der Waals surface area contributed by atoms with Crippen LogP contribution in [-0.2, 0) is 32.1 Å². The van der Waals surface area contributed by atoms with E-state index in [9.17, 15) is 34.2 Å². The molecule has 0 saturated carbocycles. The van der Waals surface area contributed by atoms with Gasteiger partial charge in [0, 0.05) is 48.3 Å². The fourth-order valence-corrected chi connectivity index (χ4v) is 6.19. The van der Waals surface area contributed by atoms with Crippen molar-refractivity contribution in [3.63, 3.8) is 0 Å². The molecule has 2 aliphatic heterocycles. The number of urea groups is 1. The van der Waals surface area contributed by atoms with Crippen LogP contribution in [0.25, 0.3) is 10.9 Å². The summed E-state index contributed by atoms with van der Waals surface area (Å²) in [6.07, 6.45) is 0.337. The fourth-order valence-electron chi connectivity index (χ4n) is 5.89. The topological polar surface area (TPSA) is 163 Å². The van der Waals surface area contributed by atoms with E-state index in [1.54, 1.807) is 12.1 Å². The van der Waals surface area contributed by atoms with Gasteiger partial charge in [-0.1, -0.05) is 41.4 Å². The highest BCUT2D eigenvalue weighted by molar-refractivity contribution is 6.42. The van der Waals surface area contributed by atoms with Gasteiger partial charge in [0.25, 0.3) is 0 Å². The number of benzene rings is 2. The molecular weight excluding hydrogens is 613 g/mol. The van der Waals surface area contributed by atoms with Crippen LogP contribution in [0.5, 0.6) is 0 Å². The van der Waals surface area contributed by atoms with Crippen LogP contribution in [0, 0.1) is 0 Å². The molecule has 3 aromatic rings. The van der Waals surface area contributed by atoms with Crippen molar-refractivity contribution in [3.05, 3.63) is 63.8 Å². The number of amides is 4. The van der Waals surface area contributed by atoms with E-state index < -0.39 is 41.9 Å². The lowest BCUT2D eigenvalue weighted by molar-refractivity contribution is -0.148. The molecule has 2 atom stereocenters. The Bertz CT molecular complexity index is 1610. The minimum Gasteiger partial charge on any atom is -0.481 e. The number of carboxylic acid groups (broad SMARTS) is 2. The number of nitrogens with zero attached hydrogens (tertiary/aromatic N) is 3. The second-order valence-corrected chi connectivity index (χ2v) is 11.7. The molecule has 4 N–H and O–H groups in total. The normalized spacial score (nSPS) is 17.8. The summed E-state index contributed by atoms with van der Waals surface area (Å²) < 4.78 is 0. The monoisotopic (exact) mass is 643 g/mol. The van der Waals surface area contributed by atoms with E-state index in [0.29, 0.717) is 23.6 Å². The Morgan fingerprint density at radius 2 is 1.64 bits per heavy atom. The number of halogens is 2. The number of hydrogen-bond donors (Lipinski definition) is 4. The Morgan fingerprint density at radius 1 is 0.932 bits per heavy atom. The molecule has 0 spiro atoms. The van der Waals surface area contributed by atoms with Crippen molar-refractivity contribution in [2.75, 3.05) is 25.0 Å². The van der Waals surface area contributed by atoms with Gasteiger partial charge in [-0.05, 0) is 42.7 Å². The van der Waals surface area contributed by atoms with Gasteiger partial charge in [0.1, 0.15) is 12.1 Å². The van der Waals surface area contributed by atoms with E-state index >= 15 is 0 Å². The van der Waals surface area contributed by atoms with Gasteiger partial charge in [0.2, 0.25) is 11.8 Å². The maximum Gasteiger partial charge on any atom is 0.322 e. The maximum atomic E-state index is 14.3.